The van der Waals surface area contributed by atoms with E-state index in [-0.39, 0.29) is 6.03 Å². The second-order valence-electron chi connectivity index (χ2n) is 6.34. The largest absolute Gasteiger partial charge is 0.368 e. The highest BCUT2D eigenvalue weighted by molar-refractivity contribution is 6.30. The SMILES string of the molecule is Cc1ccnc(Nc2cc(NCCNC(=O)Nc3ccc(Cl)cc3)nc(C)n2)c1. The molecule has 0 bridgehead atoms. The van der Waals surface area contributed by atoms with Crippen LogP contribution in [-0.2, 0) is 0 Å². The van der Waals surface area contributed by atoms with Gasteiger partial charge in [-0.25, -0.2) is 19.7 Å². The molecule has 0 saturated heterocycles. The van der Waals surface area contributed by atoms with E-state index in [1.165, 1.54) is 0 Å². The number of nitrogens with one attached hydrogen (secondary N) is 4. The monoisotopic (exact) mass is 411 g/mol. The van der Waals surface area contributed by atoms with Gasteiger partial charge in [0.1, 0.15) is 23.3 Å². The maximum Gasteiger partial charge on any atom is 0.319 e. The normalized spacial score (nSPS) is 10.3. The van der Waals surface area contributed by atoms with Crippen LogP contribution >= 0.6 is 11.6 Å². The molecule has 9 heteroatoms. The first-order valence-corrected chi connectivity index (χ1v) is 9.45. The number of hydrogen-bond acceptors (Lipinski definition) is 6. The van der Waals surface area contributed by atoms with Crippen molar-refractivity contribution in [1.29, 1.82) is 0 Å². The number of hydrogen-bond donors (Lipinski definition) is 4. The number of benzene rings is 1. The van der Waals surface area contributed by atoms with Gasteiger partial charge in [-0.1, -0.05) is 11.6 Å². The number of aryl methyl sites for hydroxylation is 2. The summed E-state index contributed by atoms with van der Waals surface area (Å²) in [5, 5.41) is 12.5. The smallest absolute Gasteiger partial charge is 0.319 e. The van der Waals surface area contributed by atoms with Crippen LogP contribution in [0.2, 0.25) is 5.02 Å². The molecule has 0 unspecified atom stereocenters. The molecule has 29 heavy (non-hydrogen) atoms. The minimum Gasteiger partial charge on any atom is -0.368 e. The molecule has 8 nitrogen and oxygen atoms in total. The van der Waals surface area contributed by atoms with Gasteiger partial charge in [-0.05, 0) is 55.8 Å². The minimum atomic E-state index is -0.291. The Hall–Kier alpha value is -3.39. The summed E-state index contributed by atoms with van der Waals surface area (Å²) in [6.45, 7) is 4.75. The van der Waals surface area contributed by atoms with Crippen LogP contribution in [0.15, 0.2) is 48.7 Å². The summed E-state index contributed by atoms with van der Waals surface area (Å²) in [7, 11) is 0. The molecule has 0 aliphatic heterocycles. The van der Waals surface area contributed by atoms with Crippen molar-refractivity contribution in [1.82, 2.24) is 20.3 Å². The second-order valence-corrected chi connectivity index (χ2v) is 6.78. The molecule has 4 N–H and O–H groups in total. The molecular formula is C20H22ClN7O. The highest BCUT2D eigenvalue weighted by Crippen LogP contribution is 2.16. The Morgan fingerprint density at radius 1 is 0.966 bits per heavy atom. The molecule has 0 saturated carbocycles. The van der Waals surface area contributed by atoms with E-state index in [2.05, 4.69) is 36.2 Å². The molecule has 0 atom stereocenters. The average molecular weight is 412 g/mol. The highest BCUT2D eigenvalue weighted by atomic mass is 35.5. The van der Waals surface area contributed by atoms with E-state index in [9.17, 15) is 4.79 Å². The predicted octanol–water partition coefficient (Wildman–Crippen LogP) is 4.12. The number of halogens is 1. The van der Waals surface area contributed by atoms with Crippen LogP contribution < -0.4 is 21.3 Å². The number of carbonyl (C=O) groups excluding carboxylic acids is 1. The molecule has 0 aliphatic carbocycles. The summed E-state index contributed by atoms with van der Waals surface area (Å²) in [6.07, 6.45) is 1.74. The fraction of sp³-hybridized carbons (Fsp3) is 0.200. The number of nitrogens with zero attached hydrogens (tertiary/aromatic N) is 3. The molecule has 0 radical (unpaired) electrons. The summed E-state index contributed by atoms with van der Waals surface area (Å²) in [5.41, 5.74) is 1.78. The molecule has 0 aliphatic rings. The van der Waals surface area contributed by atoms with Crippen LogP contribution in [0.4, 0.5) is 27.9 Å². The van der Waals surface area contributed by atoms with E-state index in [4.69, 9.17) is 11.6 Å². The highest BCUT2D eigenvalue weighted by Gasteiger charge is 2.05. The van der Waals surface area contributed by atoms with Gasteiger partial charge in [-0.15, -0.1) is 0 Å². The van der Waals surface area contributed by atoms with Gasteiger partial charge in [0.15, 0.2) is 0 Å². The van der Waals surface area contributed by atoms with Crippen LogP contribution in [0.25, 0.3) is 0 Å². The molecule has 0 spiro atoms. The Kier molecular flexibility index (Phi) is 6.80. The van der Waals surface area contributed by atoms with Gasteiger partial charge in [-0.3, -0.25) is 0 Å². The summed E-state index contributed by atoms with van der Waals surface area (Å²) in [4.78, 5) is 24.9. The van der Waals surface area contributed by atoms with Crippen LogP contribution in [-0.4, -0.2) is 34.1 Å². The van der Waals surface area contributed by atoms with Gasteiger partial charge in [0.05, 0.1) is 0 Å². The third kappa shape index (κ3) is 6.62. The first kappa shape index (κ1) is 20.3. The van der Waals surface area contributed by atoms with Gasteiger partial charge in [0.2, 0.25) is 0 Å². The lowest BCUT2D eigenvalue weighted by molar-refractivity contribution is 0.252. The van der Waals surface area contributed by atoms with Crippen molar-refractivity contribution in [2.24, 2.45) is 0 Å². The zero-order chi connectivity index (χ0) is 20.6. The molecule has 1 aromatic carbocycles. The molecule has 2 amide bonds. The molecular weight excluding hydrogens is 390 g/mol. The standard InChI is InChI=1S/C20H22ClN7O/c1-13-7-8-22-17(11-13)28-19-12-18(25-14(2)26-19)23-9-10-24-20(29)27-16-5-3-15(21)4-6-16/h3-8,11-12H,9-10H2,1-2H3,(H2,24,27,29)(H2,22,23,25,26,28). The van der Waals surface area contributed by atoms with Crippen LogP contribution in [0.1, 0.15) is 11.4 Å². The average Bonchev–Trinajstić information content (AvgIpc) is 2.67. The molecule has 2 heterocycles. The lowest BCUT2D eigenvalue weighted by Gasteiger charge is -2.11. The van der Waals surface area contributed by atoms with Gasteiger partial charge < -0.3 is 21.3 Å². The molecule has 3 rings (SSSR count). The van der Waals surface area contributed by atoms with E-state index in [0.717, 1.165) is 11.4 Å². The molecule has 3 aromatic rings. The van der Waals surface area contributed by atoms with Gasteiger partial charge in [0, 0.05) is 36.1 Å². The number of rotatable bonds is 7. The molecule has 150 valence electrons. The van der Waals surface area contributed by atoms with Gasteiger partial charge >= 0.3 is 6.03 Å². The van der Waals surface area contributed by atoms with Crippen molar-refractivity contribution >= 4 is 40.8 Å². The van der Waals surface area contributed by atoms with Crippen molar-refractivity contribution in [3.63, 3.8) is 0 Å². The quantitative estimate of drug-likeness (QED) is 0.436. The van der Waals surface area contributed by atoms with Crippen molar-refractivity contribution in [3.05, 3.63) is 65.1 Å². The third-order valence-electron chi connectivity index (χ3n) is 3.83. The zero-order valence-corrected chi connectivity index (χ0v) is 16.9. The third-order valence-corrected chi connectivity index (χ3v) is 4.08. The van der Waals surface area contributed by atoms with E-state index < -0.39 is 0 Å². The summed E-state index contributed by atoms with van der Waals surface area (Å²) < 4.78 is 0. The number of pyridine rings is 1. The lowest BCUT2D eigenvalue weighted by atomic mass is 10.3. The zero-order valence-electron chi connectivity index (χ0n) is 16.2. The van der Waals surface area contributed by atoms with E-state index in [1.807, 2.05) is 26.0 Å². The van der Waals surface area contributed by atoms with Crippen molar-refractivity contribution in [2.45, 2.75) is 13.8 Å². The van der Waals surface area contributed by atoms with Crippen molar-refractivity contribution in [3.8, 4) is 0 Å². The Morgan fingerprint density at radius 3 is 2.48 bits per heavy atom. The number of aromatic nitrogens is 3. The number of carbonyl (C=O) groups is 1. The van der Waals surface area contributed by atoms with Crippen LogP contribution in [0.5, 0.6) is 0 Å². The fourth-order valence-electron chi connectivity index (χ4n) is 2.53. The summed E-state index contributed by atoms with van der Waals surface area (Å²) in [6, 6.07) is 12.3. The van der Waals surface area contributed by atoms with Gasteiger partial charge in [0.25, 0.3) is 0 Å². The van der Waals surface area contributed by atoms with Gasteiger partial charge in [-0.2, -0.15) is 0 Å². The van der Waals surface area contributed by atoms with Crippen molar-refractivity contribution in [2.75, 3.05) is 29.0 Å². The number of amides is 2. The Morgan fingerprint density at radius 2 is 1.72 bits per heavy atom. The first-order valence-electron chi connectivity index (χ1n) is 9.07. The second kappa shape index (κ2) is 9.70. The fourth-order valence-corrected chi connectivity index (χ4v) is 2.66. The number of anilines is 4. The van der Waals surface area contributed by atoms with Crippen LogP contribution in [0.3, 0.4) is 0 Å². The Bertz CT molecular complexity index is 979. The topological polar surface area (TPSA) is 104 Å². The van der Waals surface area contributed by atoms with E-state index in [1.54, 1.807) is 36.5 Å². The maximum atomic E-state index is 11.9. The molecule has 2 aromatic heterocycles. The predicted molar refractivity (Wildman–Crippen MR) is 116 cm³/mol. The number of urea groups is 1. The van der Waals surface area contributed by atoms with E-state index >= 15 is 0 Å². The first-order chi connectivity index (χ1) is 14.0. The summed E-state index contributed by atoms with van der Waals surface area (Å²) >= 11 is 5.83. The summed E-state index contributed by atoms with van der Waals surface area (Å²) in [5.74, 6) is 2.65. The lowest BCUT2D eigenvalue weighted by Crippen LogP contribution is -2.32. The van der Waals surface area contributed by atoms with Crippen LogP contribution in [0, 0.1) is 13.8 Å². The van der Waals surface area contributed by atoms with E-state index in [0.29, 0.717) is 41.3 Å². The van der Waals surface area contributed by atoms with Crippen molar-refractivity contribution < 1.29 is 4.79 Å². The maximum absolute atomic E-state index is 11.9. The Labute approximate surface area is 174 Å². The molecule has 0 fully saturated rings. The Balaban J connectivity index is 1.48. The minimum absolute atomic E-state index is 0.291.